The van der Waals surface area contributed by atoms with Crippen molar-refractivity contribution in [3.63, 3.8) is 0 Å². The molecule has 2 atom stereocenters. The van der Waals surface area contributed by atoms with Crippen molar-refractivity contribution in [3.8, 4) is 23.1 Å². The largest absolute Gasteiger partial charge is 0.486 e. The van der Waals surface area contributed by atoms with Gasteiger partial charge < -0.3 is 19.7 Å². The molecule has 0 bridgehead atoms. The molecule has 234 valence electrons. The molecule has 1 aliphatic carbocycles. The summed E-state index contributed by atoms with van der Waals surface area (Å²) >= 11 is 12.8. The first-order valence-corrected chi connectivity index (χ1v) is 16.2. The van der Waals surface area contributed by atoms with Crippen molar-refractivity contribution in [2.45, 2.75) is 63.3 Å². The molecule has 4 aromatic rings. The molecule has 2 saturated heterocycles. The molecule has 1 N–H and O–H groups in total. The summed E-state index contributed by atoms with van der Waals surface area (Å²) in [6, 6.07) is 9.52. The van der Waals surface area contributed by atoms with E-state index in [0.717, 1.165) is 36.7 Å². The normalized spacial score (nSPS) is 20.1. The van der Waals surface area contributed by atoms with Crippen LogP contribution in [-0.4, -0.2) is 51.5 Å². The highest BCUT2D eigenvalue weighted by Crippen LogP contribution is 2.39. The number of hydrogen-bond acceptors (Lipinski definition) is 8. The quantitative estimate of drug-likeness (QED) is 0.192. The summed E-state index contributed by atoms with van der Waals surface area (Å²) in [6.45, 7) is 4.52. The monoisotopic (exact) mass is 649 g/mol. The molecule has 0 radical (unpaired) electrons. The van der Waals surface area contributed by atoms with Crippen molar-refractivity contribution in [1.29, 1.82) is 5.26 Å². The van der Waals surface area contributed by atoms with E-state index >= 15 is 4.39 Å². The minimum absolute atomic E-state index is 0.218. The van der Waals surface area contributed by atoms with E-state index in [-0.39, 0.29) is 17.6 Å². The van der Waals surface area contributed by atoms with Crippen molar-refractivity contribution in [2.24, 2.45) is 5.92 Å². The minimum Gasteiger partial charge on any atom is -0.486 e. The Morgan fingerprint density at radius 2 is 1.96 bits per heavy atom. The summed E-state index contributed by atoms with van der Waals surface area (Å²) in [4.78, 5) is 10.5. The molecule has 12 heteroatoms. The van der Waals surface area contributed by atoms with Gasteiger partial charge in [0.15, 0.2) is 17.9 Å². The maximum absolute atomic E-state index is 15.7. The summed E-state index contributed by atoms with van der Waals surface area (Å²) in [5, 5.41) is 19.6. The average Bonchev–Trinajstić information content (AvgIpc) is 3.77. The van der Waals surface area contributed by atoms with E-state index in [0.29, 0.717) is 64.7 Å². The van der Waals surface area contributed by atoms with E-state index in [2.05, 4.69) is 21.4 Å². The van der Waals surface area contributed by atoms with Crippen LogP contribution in [0.3, 0.4) is 0 Å². The molecule has 3 fully saturated rings. The molecule has 1 saturated carbocycles. The number of halogens is 3. The van der Waals surface area contributed by atoms with Crippen LogP contribution in [0.2, 0.25) is 10.0 Å². The lowest BCUT2D eigenvalue weighted by Crippen LogP contribution is -2.69. The number of rotatable bonds is 10. The maximum atomic E-state index is 15.7. The van der Waals surface area contributed by atoms with Gasteiger partial charge in [-0.15, -0.1) is 0 Å². The minimum atomic E-state index is -0.451. The van der Waals surface area contributed by atoms with Crippen molar-refractivity contribution in [2.75, 3.05) is 31.1 Å². The summed E-state index contributed by atoms with van der Waals surface area (Å²) in [5.41, 5.74) is 2.32. The van der Waals surface area contributed by atoms with E-state index < -0.39 is 11.9 Å². The van der Waals surface area contributed by atoms with Gasteiger partial charge in [0, 0.05) is 54.8 Å². The molecular weight excluding hydrogens is 616 g/mol. The molecule has 3 aromatic heterocycles. The molecule has 45 heavy (non-hydrogen) atoms. The molecule has 5 heterocycles. The number of ether oxygens (including phenoxy) is 2. The van der Waals surface area contributed by atoms with Crippen LogP contribution < -0.4 is 15.0 Å². The Balaban J connectivity index is 1.19. The van der Waals surface area contributed by atoms with Gasteiger partial charge in [-0.25, -0.2) is 14.1 Å². The number of aromatic nitrogens is 4. The van der Waals surface area contributed by atoms with Crippen LogP contribution in [0, 0.1) is 23.1 Å². The molecule has 1 aromatic carbocycles. The summed E-state index contributed by atoms with van der Waals surface area (Å²) in [6.07, 6.45) is 9.81. The molecule has 0 spiro atoms. The molecule has 2 aliphatic heterocycles. The first-order chi connectivity index (χ1) is 21.8. The molecule has 1 unspecified atom stereocenters. The highest BCUT2D eigenvalue weighted by Gasteiger charge is 2.45. The Labute approximate surface area is 271 Å². The first kappa shape index (κ1) is 30.2. The van der Waals surface area contributed by atoms with Crippen LogP contribution in [-0.2, 0) is 4.74 Å². The van der Waals surface area contributed by atoms with Crippen molar-refractivity contribution >= 4 is 39.9 Å². The summed E-state index contributed by atoms with van der Waals surface area (Å²) in [7, 11) is 0. The van der Waals surface area contributed by atoms with E-state index in [1.54, 1.807) is 6.20 Å². The van der Waals surface area contributed by atoms with Crippen molar-refractivity contribution in [3.05, 3.63) is 64.3 Å². The van der Waals surface area contributed by atoms with E-state index in [4.69, 9.17) is 37.8 Å². The van der Waals surface area contributed by atoms with Gasteiger partial charge in [0.2, 0.25) is 0 Å². The maximum Gasteiger partial charge on any atom is 0.166 e. The third-order valence-corrected chi connectivity index (χ3v) is 9.58. The predicted molar refractivity (Wildman–Crippen MR) is 171 cm³/mol. The molecule has 0 amide bonds. The number of anilines is 1. The van der Waals surface area contributed by atoms with E-state index in [9.17, 15) is 5.26 Å². The lowest BCUT2D eigenvalue weighted by atomic mass is 9.86. The lowest BCUT2D eigenvalue weighted by molar-refractivity contribution is -0.0365. The third kappa shape index (κ3) is 6.07. The first-order valence-electron chi connectivity index (χ1n) is 15.5. The van der Waals surface area contributed by atoms with E-state index in [1.807, 2.05) is 34.7 Å². The Bertz CT molecular complexity index is 1740. The second kappa shape index (κ2) is 12.4. The lowest BCUT2D eigenvalue weighted by Gasteiger charge is -2.50. The Hall–Kier alpha value is -3.49. The second-order valence-electron chi connectivity index (χ2n) is 12.4. The molecule has 9 nitrogen and oxygen atoms in total. The zero-order chi connectivity index (χ0) is 31.1. The standard InChI is InChI=1S/C33H34Cl2FN7O2/c1-20(30-25(34)16-38-17-26(30)35)45-23-7-8-28-24(13-23)31(41-43(28)29-4-2-3-11-44-29)22-12-27(36)32(39-15-22)42-18-33(19-42,9-10-37)40-14-21-5-6-21/h7-8,12-13,15-17,20-21,29,40H,2-6,9,11,14,18-19H2,1H3/t20-,29?/m1/s1. The van der Waals surface area contributed by atoms with Crippen LogP contribution in [0.4, 0.5) is 10.2 Å². The van der Waals surface area contributed by atoms with Gasteiger partial charge in [0.05, 0.1) is 33.6 Å². The van der Waals surface area contributed by atoms with Gasteiger partial charge in [-0.1, -0.05) is 23.2 Å². The van der Waals surface area contributed by atoms with Crippen LogP contribution in [0.25, 0.3) is 22.2 Å². The average molecular weight is 651 g/mol. The fourth-order valence-electron chi connectivity index (χ4n) is 6.36. The fraction of sp³-hybridized carbons (Fsp3) is 0.455. The highest BCUT2D eigenvalue weighted by atomic mass is 35.5. The van der Waals surface area contributed by atoms with Crippen LogP contribution in [0.1, 0.15) is 63.3 Å². The number of fused-ring (bicyclic) bond motifs is 1. The summed E-state index contributed by atoms with van der Waals surface area (Å²) < 4.78 is 30.0. The van der Waals surface area contributed by atoms with Gasteiger partial charge in [-0.3, -0.25) is 4.98 Å². The van der Waals surface area contributed by atoms with Gasteiger partial charge in [-0.05, 0) is 75.8 Å². The zero-order valence-electron chi connectivity index (χ0n) is 25.0. The Morgan fingerprint density at radius 1 is 1.16 bits per heavy atom. The van der Waals surface area contributed by atoms with Crippen LogP contribution >= 0.6 is 23.2 Å². The second-order valence-corrected chi connectivity index (χ2v) is 13.2. The topological polar surface area (TPSA) is 101 Å². The molecule has 3 aliphatic rings. The van der Waals surface area contributed by atoms with Gasteiger partial charge in [-0.2, -0.15) is 10.4 Å². The number of hydrogen-bond donors (Lipinski definition) is 1. The molecular formula is C33H34Cl2FN7O2. The van der Waals surface area contributed by atoms with Crippen LogP contribution in [0.5, 0.6) is 5.75 Å². The molecule has 7 rings (SSSR count). The smallest absolute Gasteiger partial charge is 0.166 e. The van der Waals surface area contributed by atoms with Gasteiger partial charge in [0.1, 0.15) is 17.5 Å². The SMILES string of the molecule is C[C@@H](Oc1ccc2c(c1)c(-c1cnc(N3CC(CC#N)(NCC4CC4)C3)c(F)c1)nn2C1CCCCO1)c1c(Cl)cncc1Cl. The third-order valence-electron chi connectivity index (χ3n) is 8.98. The van der Waals surface area contributed by atoms with Gasteiger partial charge >= 0.3 is 0 Å². The number of pyridine rings is 2. The number of nitriles is 1. The van der Waals surface area contributed by atoms with Gasteiger partial charge in [0.25, 0.3) is 0 Å². The fourth-order valence-corrected chi connectivity index (χ4v) is 7.03. The number of nitrogens with zero attached hydrogens (tertiary/aromatic N) is 6. The number of nitrogens with one attached hydrogen (secondary N) is 1. The highest BCUT2D eigenvalue weighted by molar-refractivity contribution is 6.35. The Kier molecular flexibility index (Phi) is 8.29. The predicted octanol–water partition coefficient (Wildman–Crippen LogP) is 7.25. The summed E-state index contributed by atoms with van der Waals surface area (Å²) in [5.74, 6) is 1.13. The van der Waals surface area contributed by atoms with Crippen molar-refractivity contribution < 1.29 is 13.9 Å². The van der Waals surface area contributed by atoms with Crippen LogP contribution in [0.15, 0.2) is 42.9 Å². The van der Waals surface area contributed by atoms with Crippen molar-refractivity contribution in [1.82, 2.24) is 25.1 Å². The Morgan fingerprint density at radius 3 is 2.64 bits per heavy atom. The zero-order valence-corrected chi connectivity index (χ0v) is 26.5. The van der Waals surface area contributed by atoms with E-state index in [1.165, 1.54) is 31.3 Å². The number of benzene rings is 1.